The molecule has 0 unspecified atom stereocenters. The smallest absolute Gasteiger partial charge is 0.392 e. The Kier molecular flexibility index (Phi) is 9.57. The number of fused-ring (bicyclic) bond motifs is 5. The lowest BCUT2D eigenvalue weighted by atomic mass is 9.77. The number of benzene rings is 1. The average Bonchev–Trinajstić information content (AvgIpc) is 3.49. The van der Waals surface area contributed by atoms with E-state index in [2.05, 4.69) is 0 Å². The van der Waals surface area contributed by atoms with Crippen molar-refractivity contribution in [1.82, 2.24) is 14.9 Å². The number of amides is 1. The molecule has 0 radical (unpaired) electrons. The monoisotopic (exact) mass is 647 g/mol. The predicted molar refractivity (Wildman–Crippen MR) is 163 cm³/mol. The van der Waals surface area contributed by atoms with Crippen LogP contribution in [0.5, 0.6) is 11.6 Å². The number of hydrogen-bond donors (Lipinski definition) is 0. The van der Waals surface area contributed by atoms with Crippen molar-refractivity contribution in [2.24, 2.45) is 23.2 Å². The van der Waals surface area contributed by atoms with Gasteiger partial charge in [-0.15, -0.1) is 0 Å². The number of carbonyl (C=O) groups is 3. The molecule has 1 aliphatic carbocycles. The van der Waals surface area contributed by atoms with Crippen LogP contribution in [0.3, 0.4) is 0 Å². The molecule has 2 aliphatic heterocycles. The lowest BCUT2D eigenvalue weighted by Crippen LogP contribution is -2.46. The summed E-state index contributed by atoms with van der Waals surface area (Å²) in [5, 5.41) is 0. The molecule has 1 amide bonds. The van der Waals surface area contributed by atoms with Crippen LogP contribution in [-0.4, -0.2) is 70.6 Å². The molecule has 12 heteroatoms. The van der Waals surface area contributed by atoms with Crippen molar-refractivity contribution >= 4 is 29.2 Å². The Balaban J connectivity index is 1.53. The molecular weight excluding hydrogens is 603 g/mol. The first kappa shape index (κ1) is 33.9. The first-order valence-electron chi connectivity index (χ1n) is 16.2. The maximum Gasteiger partial charge on any atom is 0.392 e. The quantitative estimate of drug-likeness (QED) is 0.283. The molecule has 9 nitrogen and oxygen atoms in total. The first-order valence-corrected chi connectivity index (χ1v) is 16.2. The van der Waals surface area contributed by atoms with Crippen molar-refractivity contribution in [2.45, 2.75) is 109 Å². The maximum atomic E-state index is 14.2. The van der Waals surface area contributed by atoms with Crippen LogP contribution in [0.25, 0.3) is 11.0 Å². The van der Waals surface area contributed by atoms with Gasteiger partial charge < -0.3 is 23.9 Å². The molecule has 1 aromatic carbocycles. The molecule has 252 valence electrons. The van der Waals surface area contributed by atoms with E-state index in [1.165, 1.54) is 4.90 Å². The number of aldehydes is 1. The third-order valence-corrected chi connectivity index (χ3v) is 9.89. The van der Waals surface area contributed by atoms with Crippen LogP contribution >= 0.6 is 0 Å². The van der Waals surface area contributed by atoms with Gasteiger partial charge in [-0.1, -0.05) is 40.5 Å². The second kappa shape index (κ2) is 13.0. The molecule has 1 aromatic heterocycles. The second-order valence-electron chi connectivity index (χ2n) is 14.1. The fourth-order valence-electron chi connectivity index (χ4n) is 7.22. The van der Waals surface area contributed by atoms with E-state index >= 15 is 0 Å². The predicted octanol–water partition coefficient (Wildman–Crippen LogP) is 6.24. The molecular formula is C34H44F3N3O6. The summed E-state index contributed by atoms with van der Waals surface area (Å²) in [6.07, 6.45) is -2.15. The maximum absolute atomic E-state index is 14.2. The number of esters is 1. The van der Waals surface area contributed by atoms with Crippen LogP contribution in [0.4, 0.5) is 13.2 Å². The highest BCUT2D eigenvalue weighted by Crippen LogP contribution is 2.56. The van der Waals surface area contributed by atoms with Crippen LogP contribution in [0.2, 0.25) is 0 Å². The fourth-order valence-corrected chi connectivity index (χ4v) is 7.22. The Bertz CT molecular complexity index is 1460. The molecule has 2 bridgehead atoms. The van der Waals surface area contributed by atoms with E-state index in [4.69, 9.17) is 24.2 Å². The van der Waals surface area contributed by atoms with E-state index in [0.717, 1.165) is 12.7 Å². The summed E-state index contributed by atoms with van der Waals surface area (Å²) in [4.78, 5) is 51.1. The standard InChI is InChI=1S/C34H44F3N3O6/c1-6-22-27(18-41)40-17-28(22)45-30-25(38-24-13-12-21(44-5)14-26(24)39-30)11-9-7-8-10-20-16-33(20,19-34(35,36)37)46-29(42)15-23(31(40)43)32(2,3)4/h12-14,18,20,22-23,27-28H,6-11,15-17,19H2,1-5H3/t20-,22+,23-,27-,28+,33+/m1/s1. The minimum atomic E-state index is -4.50. The van der Waals surface area contributed by atoms with E-state index in [0.29, 0.717) is 60.5 Å². The molecule has 46 heavy (non-hydrogen) atoms. The van der Waals surface area contributed by atoms with Crippen LogP contribution in [-0.2, 0) is 25.5 Å². The SMILES string of the molecule is CC[C@@H]1[C@@H]2CN(C(=O)[C@H](C(C)(C)C)CC(=O)O[C@]3(CC(F)(F)F)C[C@H]3CCCCCc3nc4ccc(OC)cc4nc3O2)[C@@H]1C=O. The van der Waals surface area contributed by atoms with Gasteiger partial charge in [0.15, 0.2) is 0 Å². The first-order chi connectivity index (χ1) is 21.7. The van der Waals surface area contributed by atoms with Crippen molar-refractivity contribution < 1.29 is 41.8 Å². The number of carbonyl (C=O) groups excluding carboxylic acids is 3. The normalized spacial score (nSPS) is 29.6. The number of nitrogens with zero attached hydrogens (tertiary/aromatic N) is 3. The molecule has 1 saturated carbocycles. The molecule has 6 atom stereocenters. The summed E-state index contributed by atoms with van der Waals surface area (Å²) in [5.74, 6) is -2.00. The van der Waals surface area contributed by atoms with Gasteiger partial charge >= 0.3 is 12.1 Å². The number of ether oxygens (including phenoxy) is 3. The Hall–Kier alpha value is -3.44. The van der Waals surface area contributed by atoms with E-state index in [-0.39, 0.29) is 25.3 Å². The zero-order chi connectivity index (χ0) is 33.4. The summed E-state index contributed by atoms with van der Waals surface area (Å²) in [6, 6.07) is 4.58. The number of rotatable bonds is 4. The topological polar surface area (TPSA) is 108 Å². The van der Waals surface area contributed by atoms with Gasteiger partial charge in [0, 0.05) is 17.9 Å². The molecule has 3 aliphatic rings. The van der Waals surface area contributed by atoms with Gasteiger partial charge in [0.2, 0.25) is 11.8 Å². The van der Waals surface area contributed by atoms with Crippen molar-refractivity contribution in [3.05, 3.63) is 23.9 Å². The van der Waals surface area contributed by atoms with Gasteiger partial charge in [-0.05, 0) is 49.7 Å². The molecule has 1 saturated heterocycles. The number of methoxy groups -OCH3 is 1. The third kappa shape index (κ3) is 7.25. The van der Waals surface area contributed by atoms with Gasteiger partial charge in [0.1, 0.15) is 29.4 Å². The number of aryl methyl sites for hydroxylation is 1. The van der Waals surface area contributed by atoms with Gasteiger partial charge in [0.25, 0.3) is 0 Å². The van der Waals surface area contributed by atoms with Crippen molar-refractivity contribution in [3.8, 4) is 11.6 Å². The summed E-state index contributed by atoms with van der Waals surface area (Å²) >= 11 is 0. The summed E-state index contributed by atoms with van der Waals surface area (Å²) in [6.45, 7) is 7.39. The molecule has 0 N–H and O–H groups in total. The van der Waals surface area contributed by atoms with Crippen LogP contribution in [0.1, 0.15) is 84.8 Å². The highest BCUT2D eigenvalue weighted by molar-refractivity contribution is 5.87. The van der Waals surface area contributed by atoms with Crippen LogP contribution in [0, 0.1) is 23.2 Å². The molecule has 2 fully saturated rings. The number of halogens is 3. The Morgan fingerprint density at radius 1 is 1.11 bits per heavy atom. The zero-order valence-electron chi connectivity index (χ0n) is 27.2. The lowest BCUT2D eigenvalue weighted by molar-refractivity contribution is -0.182. The Morgan fingerprint density at radius 3 is 2.52 bits per heavy atom. The summed E-state index contributed by atoms with van der Waals surface area (Å²) in [5.41, 5.74) is -0.472. The average molecular weight is 648 g/mol. The summed E-state index contributed by atoms with van der Waals surface area (Å²) in [7, 11) is 1.56. The van der Waals surface area contributed by atoms with Crippen LogP contribution in [0.15, 0.2) is 18.2 Å². The molecule has 0 spiro atoms. The highest BCUT2D eigenvalue weighted by Gasteiger charge is 2.62. The Morgan fingerprint density at radius 2 is 1.87 bits per heavy atom. The third-order valence-electron chi connectivity index (χ3n) is 9.89. The fraction of sp³-hybridized carbons (Fsp3) is 0.676. The zero-order valence-corrected chi connectivity index (χ0v) is 27.2. The number of aromatic nitrogens is 2. The van der Waals surface area contributed by atoms with Gasteiger partial charge in [-0.3, -0.25) is 9.59 Å². The Labute approximate surface area is 267 Å². The van der Waals surface area contributed by atoms with Crippen molar-refractivity contribution in [3.63, 3.8) is 0 Å². The number of alkyl halides is 3. The van der Waals surface area contributed by atoms with Gasteiger partial charge in [-0.25, -0.2) is 9.97 Å². The van der Waals surface area contributed by atoms with Gasteiger partial charge in [-0.2, -0.15) is 13.2 Å². The minimum Gasteiger partial charge on any atom is -0.497 e. The number of hydrogen-bond acceptors (Lipinski definition) is 8. The molecule has 2 aromatic rings. The van der Waals surface area contributed by atoms with E-state index in [1.54, 1.807) is 40.0 Å². The summed E-state index contributed by atoms with van der Waals surface area (Å²) < 4.78 is 58.5. The molecule has 5 rings (SSSR count). The van der Waals surface area contributed by atoms with E-state index < -0.39 is 59.5 Å². The lowest BCUT2D eigenvalue weighted by Gasteiger charge is -2.34. The van der Waals surface area contributed by atoms with Crippen molar-refractivity contribution in [1.29, 1.82) is 0 Å². The minimum absolute atomic E-state index is 0.0831. The highest BCUT2D eigenvalue weighted by atomic mass is 19.4. The van der Waals surface area contributed by atoms with E-state index in [9.17, 15) is 27.6 Å². The van der Waals surface area contributed by atoms with Crippen LogP contribution < -0.4 is 9.47 Å². The second-order valence-corrected chi connectivity index (χ2v) is 14.1. The van der Waals surface area contributed by atoms with Gasteiger partial charge in [0.05, 0.1) is 49.5 Å². The van der Waals surface area contributed by atoms with E-state index in [1.807, 2.05) is 13.0 Å². The molecule has 3 heterocycles. The largest absolute Gasteiger partial charge is 0.497 e. The van der Waals surface area contributed by atoms with Crippen molar-refractivity contribution in [2.75, 3.05) is 13.7 Å².